The molecule has 1 rings (SSSR count). The van der Waals surface area contributed by atoms with E-state index in [1.807, 2.05) is 11.8 Å². The zero-order valence-electron chi connectivity index (χ0n) is 9.53. The Labute approximate surface area is 99.4 Å². The number of hydrogen-bond acceptors (Lipinski definition) is 4. The molecule has 16 heavy (non-hydrogen) atoms. The van der Waals surface area contributed by atoms with E-state index in [0.29, 0.717) is 5.88 Å². The first kappa shape index (κ1) is 13.0. The third kappa shape index (κ3) is 4.18. The van der Waals surface area contributed by atoms with E-state index in [9.17, 15) is 4.79 Å². The average molecular weight is 243 g/mol. The first-order valence-corrected chi connectivity index (χ1v) is 6.46. The highest BCUT2D eigenvalue weighted by Crippen LogP contribution is 2.15. The summed E-state index contributed by atoms with van der Waals surface area (Å²) in [7, 11) is 0. The van der Waals surface area contributed by atoms with Crippen molar-refractivity contribution in [3.05, 3.63) is 17.9 Å². The van der Waals surface area contributed by atoms with Gasteiger partial charge < -0.3 is 14.8 Å². The molecule has 1 heterocycles. The summed E-state index contributed by atoms with van der Waals surface area (Å²) in [6.07, 6.45) is 1.03. The van der Waals surface area contributed by atoms with Crippen LogP contribution in [0.3, 0.4) is 0 Å². The van der Waals surface area contributed by atoms with Crippen LogP contribution in [0, 0.1) is 0 Å². The molecule has 1 aromatic heterocycles. The van der Waals surface area contributed by atoms with Gasteiger partial charge in [-0.3, -0.25) is 0 Å². The van der Waals surface area contributed by atoms with Crippen molar-refractivity contribution in [1.29, 1.82) is 0 Å². The average Bonchev–Trinajstić information content (AvgIpc) is 2.66. The van der Waals surface area contributed by atoms with Gasteiger partial charge in [-0.05, 0) is 30.9 Å². The van der Waals surface area contributed by atoms with Crippen molar-refractivity contribution >= 4 is 23.6 Å². The van der Waals surface area contributed by atoms with Crippen molar-refractivity contribution in [2.75, 3.05) is 16.8 Å². The largest absolute Gasteiger partial charge is 0.475 e. The predicted molar refractivity (Wildman–Crippen MR) is 66.4 cm³/mol. The van der Waals surface area contributed by atoms with Gasteiger partial charge in [0.05, 0.1) is 0 Å². The van der Waals surface area contributed by atoms with E-state index in [-0.39, 0.29) is 11.8 Å². The van der Waals surface area contributed by atoms with E-state index in [0.717, 1.165) is 17.9 Å². The fourth-order valence-corrected chi connectivity index (χ4v) is 2.06. The summed E-state index contributed by atoms with van der Waals surface area (Å²) in [6.45, 7) is 4.19. The molecule has 0 amide bonds. The van der Waals surface area contributed by atoms with Crippen molar-refractivity contribution in [2.45, 2.75) is 26.3 Å². The van der Waals surface area contributed by atoms with Crippen molar-refractivity contribution in [3.8, 4) is 0 Å². The Hall–Kier alpha value is -1.10. The smallest absolute Gasteiger partial charge is 0.371 e. The van der Waals surface area contributed by atoms with Crippen LogP contribution in [0.4, 0.5) is 5.88 Å². The van der Waals surface area contributed by atoms with Gasteiger partial charge >= 0.3 is 5.97 Å². The van der Waals surface area contributed by atoms with Crippen LogP contribution in [0.15, 0.2) is 16.5 Å². The maximum atomic E-state index is 10.6. The molecule has 0 fully saturated rings. The van der Waals surface area contributed by atoms with Gasteiger partial charge in [0.2, 0.25) is 5.76 Å². The summed E-state index contributed by atoms with van der Waals surface area (Å²) < 4.78 is 5.10. The molecule has 0 aliphatic heterocycles. The fraction of sp³-hybridized carbons (Fsp3) is 0.545. The van der Waals surface area contributed by atoms with Gasteiger partial charge in [-0.2, -0.15) is 11.8 Å². The number of carboxylic acid groups (broad SMARTS) is 1. The van der Waals surface area contributed by atoms with Gasteiger partial charge in [-0.1, -0.05) is 6.92 Å². The molecule has 4 nitrogen and oxygen atoms in total. The molecule has 1 aromatic rings. The molecule has 0 aliphatic rings. The number of rotatable bonds is 7. The van der Waals surface area contributed by atoms with Crippen molar-refractivity contribution < 1.29 is 14.3 Å². The van der Waals surface area contributed by atoms with Crippen LogP contribution in [0.1, 0.15) is 30.8 Å². The quantitative estimate of drug-likeness (QED) is 0.721. The molecule has 0 aromatic carbocycles. The minimum Gasteiger partial charge on any atom is -0.475 e. The Balaban J connectivity index is 2.37. The Bertz CT molecular complexity index is 338. The number of carboxylic acids is 1. The number of hydrogen-bond donors (Lipinski definition) is 2. The number of nitrogens with one attached hydrogen (secondary N) is 1. The molecule has 0 spiro atoms. The summed E-state index contributed by atoms with van der Waals surface area (Å²) in [5, 5.41) is 11.8. The third-order valence-electron chi connectivity index (χ3n) is 2.10. The highest BCUT2D eigenvalue weighted by atomic mass is 32.2. The van der Waals surface area contributed by atoms with Crippen LogP contribution in [-0.4, -0.2) is 28.6 Å². The lowest BCUT2D eigenvalue weighted by Crippen LogP contribution is -2.15. The molecule has 2 N–H and O–H groups in total. The Morgan fingerprint density at radius 3 is 2.94 bits per heavy atom. The molecule has 0 saturated carbocycles. The molecule has 0 bridgehead atoms. The van der Waals surface area contributed by atoms with E-state index in [2.05, 4.69) is 19.2 Å². The lowest BCUT2D eigenvalue weighted by atomic mass is 10.2. The Morgan fingerprint density at radius 1 is 1.62 bits per heavy atom. The van der Waals surface area contributed by atoms with E-state index < -0.39 is 5.97 Å². The van der Waals surface area contributed by atoms with Crippen LogP contribution in [0.25, 0.3) is 0 Å². The second kappa shape index (κ2) is 6.48. The fourth-order valence-electron chi connectivity index (χ4n) is 1.25. The number of thioether (sulfide) groups is 1. The second-order valence-electron chi connectivity index (χ2n) is 3.50. The van der Waals surface area contributed by atoms with E-state index >= 15 is 0 Å². The van der Waals surface area contributed by atoms with Crippen LogP contribution < -0.4 is 5.32 Å². The monoisotopic (exact) mass is 243 g/mol. The molecule has 0 aliphatic carbocycles. The van der Waals surface area contributed by atoms with Gasteiger partial charge in [0.25, 0.3) is 0 Å². The van der Waals surface area contributed by atoms with E-state index in [1.165, 1.54) is 6.07 Å². The lowest BCUT2D eigenvalue weighted by molar-refractivity contribution is 0.0663. The van der Waals surface area contributed by atoms with Gasteiger partial charge in [0.1, 0.15) is 0 Å². The maximum Gasteiger partial charge on any atom is 0.371 e. The zero-order chi connectivity index (χ0) is 12.0. The summed E-state index contributed by atoms with van der Waals surface area (Å²) in [4.78, 5) is 10.6. The van der Waals surface area contributed by atoms with Crippen molar-refractivity contribution in [3.63, 3.8) is 0 Å². The van der Waals surface area contributed by atoms with Crippen molar-refractivity contribution in [2.24, 2.45) is 0 Å². The van der Waals surface area contributed by atoms with Crippen molar-refractivity contribution in [1.82, 2.24) is 0 Å². The highest BCUT2D eigenvalue weighted by molar-refractivity contribution is 7.99. The molecule has 0 radical (unpaired) electrons. The zero-order valence-corrected chi connectivity index (χ0v) is 10.3. The first-order chi connectivity index (χ1) is 7.63. The molecule has 1 unspecified atom stereocenters. The standard InChI is InChI=1S/C11H17NO3S/c1-3-16-7-6-8(2)12-10-5-4-9(15-10)11(13)14/h4-5,8,12H,3,6-7H2,1-2H3,(H,13,14). The van der Waals surface area contributed by atoms with E-state index in [1.54, 1.807) is 6.07 Å². The summed E-state index contributed by atoms with van der Waals surface area (Å²) in [5.41, 5.74) is 0. The maximum absolute atomic E-state index is 10.6. The SMILES string of the molecule is CCSCCC(C)Nc1ccc(C(=O)O)o1. The van der Waals surface area contributed by atoms with Crippen LogP contribution >= 0.6 is 11.8 Å². The Morgan fingerprint density at radius 2 is 2.38 bits per heavy atom. The molecular formula is C11H17NO3S. The minimum atomic E-state index is -1.04. The summed E-state index contributed by atoms with van der Waals surface area (Å²) >= 11 is 1.89. The molecule has 0 saturated heterocycles. The molecular weight excluding hydrogens is 226 g/mol. The lowest BCUT2D eigenvalue weighted by Gasteiger charge is -2.11. The topological polar surface area (TPSA) is 62.5 Å². The highest BCUT2D eigenvalue weighted by Gasteiger charge is 2.10. The molecule has 5 heteroatoms. The summed E-state index contributed by atoms with van der Waals surface area (Å²) in [5.74, 6) is 1.67. The second-order valence-corrected chi connectivity index (χ2v) is 4.89. The number of furan rings is 1. The van der Waals surface area contributed by atoms with Gasteiger partial charge in [0, 0.05) is 12.1 Å². The van der Waals surface area contributed by atoms with Gasteiger partial charge in [-0.15, -0.1) is 0 Å². The van der Waals surface area contributed by atoms with Gasteiger partial charge in [0.15, 0.2) is 5.88 Å². The molecule has 1 atom stereocenters. The normalized spacial score (nSPS) is 12.4. The predicted octanol–water partition coefficient (Wildman–Crippen LogP) is 2.92. The number of aromatic carboxylic acids is 1. The summed E-state index contributed by atoms with van der Waals surface area (Å²) in [6, 6.07) is 3.39. The number of carbonyl (C=O) groups is 1. The van der Waals surface area contributed by atoms with Crippen LogP contribution in [0.2, 0.25) is 0 Å². The van der Waals surface area contributed by atoms with Crippen LogP contribution in [-0.2, 0) is 0 Å². The first-order valence-electron chi connectivity index (χ1n) is 5.31. The molecule has 90 valence electrons. The van der Waals surface area contributed by atoms with Crippen LogP contribution in [0.5, 0.6) is 0 Å². The van der Waals surface area contributed by atoms with Gasteiger partial charge in [-0.25, -0.2) is 4.79 Å². The Kier molecular flexibility index (Phi) is 5.25. The number of anilines is 1. The minimum absolute atomic E-state index is 0.0300. The third-order valence-corrected chi connectivity index (χ3v) is 3.04. The van der Waals surface area contributed by atoms with E-state index in [4.69, 9.17) is 9.52 Å².